The number of amides is 1. The van der Waals surface area contributed by atoms with E-state index in [1.165, 1.54) is 16.0 Å². The summed E-state index contributed by atoms with van der Waals surface area (Å²) in [6.07, 6.45) is 9.88. The first kappa shape index (κ1) is 17.2. The molecule has 0 unspecified atom stereocenters. The predicted molar refractivity (Wildman–Crippen MR) is 84.0 cm³/mol. The quantitative estimate of drug-likeness (QED) is 0.698. The molecule has 4 nitrogen and oxygen atoms in total. The Bertz CT molecular complexity index is 482. The smallest absolute Gasteiger partial charge is 0.323 e. The van der Waals surface area contributed by atoms with Crippen molar-refractivity contribution in [1.29, 1.82) is 0 Å². The molecule has 1 heterocycles. The molecule has 0 radical (unpaired) electrons. The van der Waals surface area contributed by atoms with Gasteiger partial charge in [0, 0.05) is 12.6 Å². The highest BCUT2D eigenvalue weighted by Crippen LogP contribution is 2.17. The SMILES string of the molecule is CC(C)=CCCC(C)=CCCC1=CC(=O)N(CC(=O)O)C1. The van der Waals surface area contributed by atoms with E-state index in [0.717, 1.165) is 31.3 Å². The Kier molecular flexibility index (Phi) is 6.92. The molecular formula is C17H25NO3. The van der Waals surface area contributed by atoms with Gasteiger partial charge in [0.1, 0.15) is 6.54 Å². The van der Waals surface area contributed by atoms with Gasteiger partial charge in [-0.3, -0.25) is 9.59 Å². The topological polar surface area (TPSA) is 57.6 Å². The van der Waals surface area contributed by atoms with Gasteiger partial charge in [-0.05, 0) is 52.0 Å². The molecule has 0 aromatic rings. The minimum atomic E-state index is -0.965. The molecule has 0 bridgehead atoms. The summed E-state index contributed by atoms with van der Waals surface area (Å²) in [6.45, 7) is 6.58. The lowest BCUT2D eigenvalue weighted by Gasteiger charge is -2.13. The van der Waals surface area contributed by atoms with Crippen molar-refractivity contribution < 1.29 is 14.7 Å². The average Bonchev–Trinajstić information content (AvgIpc) is 2.68. The number of rotatable bonds is 8. The van der Waals surface area contributed by atoms with Gasteiger partial charge in [0.2, 0.25) is 5.91 Å². The van der Waals surface area contributed by atoms with Crippen LogP contribution in [0.2, 0.25) is 0 Å². The van der Waals surface area contributed by atoms with Gasteiger partial charge in [0.15, 0.2) is 0 Å². The van der Waals surface area contributed by atoms with Crippen molar-refractivity contribution in [2.45, 2.75) is 46.5 Å². The first-order valence-corrected chi connectivity index (χ1v) is 7.37. The van der Waals surface area contributed by atoms with Crippen LogP contribution in [0.4, 0.5) is 0 Å². The second-order valence-corrected chi connectivity index (χ2v) is 5.80. The predicted octanol–water partition coefficient (Wildman–Crippen LogP) is 3.31. The molecule has 1 rings (SSSR count). The highest BCUT2D eigenvalue weighted by molar-refractivity contribution is 5.93. The number of carboxylic acids is 1. The van der Waals surface area contributed by atoms with Crippen molar-refractivity contribution >= 4 is 11.9 Å². The van der Waals surface area contributed by atoms with Gasteiger partial charge in [-0.1, -0.05) is 23.3 Å². The molecule has 21 heavy (non-hydrogen) atoms. The Labute approximate surface area is 126 Å². The number of carboxylic acid groups (broad SMARTS) is 1. The van der Waals surface area contributed by atoms with E-state index in [4.69, 9.17) is 5.11 Å². The first-order valence-electron chi connectivity index (χ1n) is 7.37. The van der Waals surface area contributed by atoms with Crippen LogP contribution in [0.1, 0.15) is 46.5 Å². The molecule has 4 heteroatoms. The van der Waals surface area contributed by atoms with Crippen LogP contribution in [0.5, 0.6) is 0 Å². The third-order valence-electron chi connectivity index (χ3n) is 3.41. The van der Waals surface area contributed by atoms with E-state index in [1.807, 2.05) is 0 Å². The van der Waals surface area contributed by atoms with Gasteiger partial charge in [-0.25, -0.2) is 0 Å². The van der Waals surface area contributed by atoms with Crippen molar-refractivity contribution in [3.8, 4) is 0 Å². The lowest BCUT2D eigenvalue weighted by molar-refractivity contribution is -0.141. The number of hydrogen-bond donors (Lipinski definition) is 1. The Morgan fingerprint density at radius 1 is 1.29 bits per heavy atom. The molecule has 0 saturated heterocycles. The van der Waals surface area contributed by atoms with E-state index in [0.29, 0.717) is 6.54 Å². The van der Waals surface area contributed by atoms with E-state index >= 15 is 0 Å². The van der Waals surface area contributed by atoms with E-state index in [1.54, 1.807) is 6.08 Å². The second-order valence-electron chi connectivity index (χ2n) is 5.80. The summed E-state index contributed by atoms with van der Waals surface area (Å²) in [5, 5.41) is 8.72. The van der Waals surface area contributed by atoms with Crippen molar-refractivity contribution in [2.75, 3.05) is 13.1 Å². The molecule has 116 valence electrons. The normalized spacial score (nSPS) is 15.2. The first-order chi connectivity index (χ1) is 9.88. The lowest BCUT2D eigenvalue weighted by atomic mass is 10.1. The van der Waals surface area contributed by atoms with Crippen LogP contribution in [0.15, 0.2) is 34.9 Å². The maximum Gasteiger partial charge on any atom is 0.323 e. The van der Waals surface area contributed by atoms with E-state index in [9.17, 15) is 9.59 Å². The number of allylic oxidation sites excluding steroid dienone is 4. The molecule has 0 aliphatic carbocycles. The highest BCUT2D eigenvalue weighted by Gasteiger charge is 2.22. The number of aliphatic carboxylic acids is 1. The molecule has 1 N–H and O–H groups in total. The average molecular weight is 291 g/mol. The fourth-order valence-electron chi connectivity index (χ4n) is 2.28. The minimum Gasteiger partial charge on any atom is -0.480 e. The zero-order valence-electron chi connectivity index (χ0n) is 13.2. The number of carbonyl (C=O) groups is 2. The molecule has 1 amide bonds. The van der Waals surface area contributed by atoms with Gasteiger partial charge in [-0.2, -0.15) is 0 Å². The zero-order chi connectivity index (χ0) is 15.8. The lowest BCUT2D eigenvalue weighted by Crippen LogP contribution is -2.31. The third kappa shape index (κ3) is 6.93. The summed E-state index contributed by atoms with van der Waals surface area (Å²) >= 11 is 0. The summed E-state index contributed by atoms with van der Waals surface area (Å²) in [5.41, 5.74) is 3.73. The van der Waals surface area contributed by atoms with E-state index < -0.39 is 5.97 Å². The summed E-state index contributed by atoms with van der Waals surface area (Å²) in [6, 6.07) is 0. The summed E-state index contributed by atoms with van der Waals surface area (Å²) in [4.78, 5) is 23.6. The standard InChI is InChI=1S/C17H25NO3/c1-13(2)6-4-7-14(3)8-5-9-15-10-16(19)18(11-15)12-17(20)21/h6,8,10H,4-5,7,9,11-12H2,1-3H3,(H,20,21). The fraction of sp³-hybridized carbons (Fsp3) is 0.529. The Morgan fingerprint density at radius 2 is 2.00 bits per heavy atom. The van der Waals surface area contributed by atoms with Crippen molar-refractivity contribution in [3.63, 3.8) is 0 Å². The summed E-state index contributed by atoms with van der Waals surface area (Å²) in [5.74, 6) is -1.15. The zero-order valence-corrected chi connectivity index (χ0v) is 13.2. The molecule has 0 aromatic carbocycles. The summed E-state index contributed by atoms with van der Waals surface area (Å²) in [7, 11) is 0. The van der Waals surface area contributed by atoms with Crippen LogP contribution < -0.4 is 0 Å². The van der Waals surface area contributed by atoms with Crippen LogP contribution in [0, 0.1) is 0 Å². The van der Waals surface area contributed by atoms with Gasteiger partial charge in [0.05, 0.1) is 0 Å². The minimum absolute atomic E-state index is 0.184. The fourth-order valence-corrected chi connectivity index (χ4v) is 2.28. The molecule has 0 saturated carbocycles. The van der Waals surface area contributed by atoms with Crippen LogP contribution in [0.3, 0.4) is 0 Å². The molecule has 0 spiro atoms. The van der Waals surface area contributed by atoms with Crippen molar-refractivity contribution in [1.82, 2.24) is 4.90 Å². The van der Waals surface area contributed by atoms with Gasteiger partial charge < -0.3 is 10.0 Å². The van der Waals surface area contributed by atoms with E-state index in [-0.39, 0.29) is 12.5 Å². The van der Waals surface area contributed by atoms with Gasteiger partial charge >= 0.3 is 5.97 Å². The largest absolute Gasteiger partial charge is 0.480 e. The molecule has 0 atom stereocenters. The van der Waals surface area contributed by atoms with Crippen LogP contribution in [-0.2, 0) is 9.59 Å². The van der Waals surface area contributed by atoms with Crippen LogP contribution in [0.25, 0.3) is 0 Å². The number of hydrogen-bond acceptors (Lipinski definition) is 2. The second kappa shape index (κ2) is 8.45. The molecule has 1 aliphatic rings. The Hall–Kier alpha value is -1.84. The highest BCUT2D eigenvalue weighted by atomic mass is 16.4. The monoisotopic (exact) mass is 291 g/mol. The molecule has 1 aliphatic heterocycles. The number of carbonyl (C=O) groups excluding carboxylic acids is 1. The maximum atomic E-state index is 11.6. The molecular weight excluding hydrogens is 266 g/mol. The third-order valence-corrected chi connectivity index (χ3v) is 3.41. The molecule has 0 aromatic heterocycles. The van der Waals surface area contributed by atoms with E-state index in [2.05, 4.69) is 32.9 Å². The van der Waals surface area contributed by atoms with Crippen molar-refractivity contribution in [3.05, 3.63) is 34.9 Å². The Balaban J connectivity index is 2.33. The maximum absolute atomic E-state index is 11.6. The summed E-state index contributed by atoms with van der Waals surface area (Å²) < 4.78 is 0. The van der Waals surface area contributed by atoms with Crippen molar-refractivity contribution in [2.24, 2.45) is 0 Å². The van der Waals surface area contributed by atoms with Gasteiger partial charge in [-0.15, -0.1) is 0 Å². The number of nitrogens with zero attached hydrogens (tertiary/aromatic N) is 1. The Morgan fingerprint density at radius 3 is 2.62 bits per heavy atom. The molecule has 0 fully saturated rings. The van der Waals surface area contributed by atoms with Gasteiger partial charge in [0.25, 0.3) is 0 Å². The van der Waals surface area contributed by atoms with Crippen LogP contribution >= 0.6 is 0 Å². The van der Waals surface area contributed by atoms with Crippen LogP contribution in [-0.4, -0.2) is 35.0 Å².